The van der Waals surface area contributed by atoms with Gasteiger partial charge in [-0.3, -0.25) is 14.5 Å². The predicted molar refractivity (Wildman–Crippen MR) is 153 cm³/mol. The van der Waals surface area contributed by atoms with Gasteiger partial charge in [-0.1, -0.05) is 32.0 Å². The molecule has 7 atom stereocenters. The molecule has 2 N–H and O–H groups in total. The number of para-hydroxylation sites is 1. The third kappa shape index (κ3) is 3.21. The number of aromatic nitrogens is 1. The molecule has 6 aliphatic rings. The number of rotatable bonds is 3. The van der Waals surface area contributed by atoms with Gasteiger partial charge in [0.2, 0.25) is 0 Å². The lowest BCUT2D eigenvalue weighted by Crippen LogP contribution is -2.75. The highest BCUT2D eigenvalue weighted by Crippen LogP contribution is 2.72. The number of nitrogens with one attached hydrogen (secondary N) is 1. The van der Waals surface area contributed by atoms with E-state index in [1.165, 1.54) is 10.9 Å². The number of ketones is 1. The van der Waals surface area contributed by atoms with Crippen LogP contribution in [0.4, 0.5) is 0 Å². The first-order chi connectivity index (χ1) is 19.9. The first-order valence-electron chi connectivity index (χ1n) is 15.4. The number of esters is 1. The summed E-state index contributed by atoms with van der Waals surface area (Å²) in [6, 6.07) is 8.35. The molecule has 42 heavy (non-hydrogen) atoms. The fourth-order valence-corrected chi connectivity index (χ4v) is 9.67. The number of carbonyl (C=O) groups is 2. The fourth-order valence-electron chi connectivity index (χ4n) is 9.67. The summed E-state index contributed by atoms with van der Waals surface area (Å²) >= 11 is 0. The van der Waals surface area contributed by atoms with E-state index in [0.717, 1.165) is 17.6 Å². The van der Waals surface area contributed by atoms with Gasteiger partial charge >= 0.3 is 5.97 Å². The molecule has 8 rings (SSSR count). The second-order valence-electron chi connectivity index (χ2n) is 14.2. The van der Waals surface area contributed by atoms with Crippen LogP contribution in [-0.4, -0.2) is 88.8 Å². The Labute approximate surface area is 245 Å². The number of aromatic amines is 1. The molecule has 4 heterocycles. The van der Waals surface area contributed by atoms with Crippen molar-refractivity contribution < 1.29 is 33.6 Å². The summed E-state index contributed by atoms with van der Waals surface area (Å²) in [7, 11) is 0. The first kappa shape index (κ1) is 27.0. The Kier molecular flexibility index (Phi) is 5.49. The topological polar surface area (TPSA) is 110 Å². The van der Waals surface area contributed by atoms with E-state index in [4.69, 9.17) is 18.9 Å². The van der Waals surface area contributed by atoms with E-state index in [9.17, 15) is 14.7 Å². The fraction of sp³-hybridized carbons (Fsp3) is 0.636. The van der Waals surface area contributed by atoms with Crippen molar-refractivity contribution in [1.82, 2.24) is 9.88 Å². The number of hydrogen-bond acceptors (Lipinski definition) is 8. The average molecular weight is 577 g/mol. The van der Waals surface area contributed by atoms with E-state index in [1.807, 2.05) is 24.8 Å². The molecule has 2 saturated heterocycles. The number of H-pyrrole nitrogens is 1. The van der Waals surface area contributed by atoms with Crippen LogP contribution in [0.1, 0.15) is 58.2 Å². The van der Waals surface area contributed by atoms with Crippen LogP contribution in [0.15, 0.2) is 35.9 Å². The van der Waals surface area contributed by atoms with Gasteiger partial charge in [-0.05, 0) is 56.7 Å². The molecular weight excluding hydrogens is 536 g/mol. The highest BCUT2D eigenvalue weighted by Gasteiger charge is 2.78. The average Bonchev–Trinajstić information content (AvgIpc) is 3.54. The first-order valence-corrected chi connectivity index (χ1v) is 15.4. The summed E-state index contributed by atoms with van der Waals surface area (Å²) in [5.41, 5.74) is 0.0623. The van der Waals surface area contributed by atoms with Crippen molar-refractivity contribution in [3.8, 4) is 0 Å². The van der Waals surface area contributed by atoms with Gasteiger partial charge in [0.15, 0.2) is 17.7 Å². The van der Waals surface area contributed by atoms with Gasteiger partial charge in [-0.2, -0.15) is 0 Å². The molecule has 2 saturated carbocycles. The minimum atomic E-state index is -1.70. The molecule has 9 heteroatoms. The van der Waals surface area contributed by atoms with Crippen LogP contribution in [0.2, 0.25) is 0 Å². The maximum Gasteiger partial charge on any atom is 0.320 e. The summed E-state index contributed by atoms with van der Waals surface area (Å²) in [6.07, 6.45) is 2.30. The molecule has 1 spiro atoms. The van der Waals surface area contributed by atoms with Crippen LogP contribution in [0.5, 0.6) is 0 Å². The van der Waals surface area contributed by atoms with Crippen LogP contribution in [0, 0.1) is 11.3 Å². The van der Waals surface area contributed by atoms with E-state index >= 15 is 0 Å². The van der Waals surface area contributed by atoms with Crippen molar-refractivity contribution in [2.75, 3.05) is 32.8 Å². The lowest BCUT2D eigenvalue weighted by Gasteiger charge is -2.67. The normalized spacial score (nSPS) is 42.0. The van der Waals surface area contributed by atoms with Gasteiger partial charge in [0.25, 0.3) is 0 Å². The second-order valence-corrected chi connectivity index (χ2v) is 14.2. The van der Waals surface area contributed by atoms with Gasteiger partial charge in [0.05, 0.1) is 19.8 Å². The molecule has 2 aromatic rings. The second kappa shape index (κ2) is 8.54. The summed E-state index contributed by atoms with van der Waals surface area (Å²) in [6.45, 7) is 10.7. The monoisotopic (exact) mass is 576 g/mol. The molecule has 4 unspecified atom stereocenters. The van der Waals surface area contributed by atoms with Crippen molar-refractivity contribution in [3.05, 3.63) is 47.2 Å². The van der Waals surface area contributed by atoms with Gasteiger partial charge in [-0.15, -0.1) is 0 Å². The molecular formula is C33H40N2O7. The zero-order valence-corrected chi connectivity index (χ0v) is 24.8. The highest BCUT2D eigenvalue weighted by molar-refractivity contribution is 5.97. The summed E-state index contributed by atoms with van der Waals surface area (Å²) in [5, 5.41) is 14.6. The maximum absolute atomic E-state index is 13.5. The van der Waals surface area contributed by atoms with Crippen LogP contribution in [-0.2, 0) is 40.4 Å². The maximum atomic E-state index is 13.5. The molecule has 1 aromatic carbocycles. The van der Waals surface area contributed by atoms with Gasteiger partial charge in [-0.25, -0.2) is 0 Å². The molecule has 2 bridgehead atoms. The number of hydrogen-bond donors (Lipinski definition) is 2. The van der Waals surface area contributed by atoms with Crippen molar-refractivity contribution in [2.45, 2.75) is 88.0 Å². The van der Waals surface area contributed by atoms with E-state index in [-0.39, 0.29) is 24.2 Å². The lowest BCUT2D eigenvalue weighted by atomic mass is 9.41. The number of fused-ring (bicyclic) bond motifs is 9. The SMILES string of the molecule is CC1(C)OC23CCC4(C)[C@@]5(C)c6[nH]c7ccccc7c6CC5C[C@H](OC(=O)CN5CCOCC5)[C@@]4(O)C2=CC(=O)C1O3. The molecule has 0 radical (unpaired) electrons. The van der Waals surface area contributed by atoms with Crippen molar-refractivity contribution >= 4 is 22.7 Å². The van der Waals surface area contributed by atoms with E-state index in [0.29, 0.717) is 51.1 Å². The van der Waals surface area contributed by atoms with Gasteiger partial charge in [0, 0.05) is 52.5 Å². The third-order valence-corrected chi connectivity index (χ3v) is 12.0. The summed E-state index contributed by atoms with van der Waals surface area (Å²) in [4.78, 5) is 32.8. The summed E-state index contributed by atoms with van der Waals surface area (Å²) < 4.78 is 24.8. The Hall–Kier alpha value is -2.56. The smallest absolute Gasteiger partial charge is 0.320 e. The molecule has 9 nitrogen and oxygen atoms in total. The Balaban J connectivity index is 1.27. The van der Waals surface area contributed by atoms with Crippen LogP contribution in [0.25, 0.3) is 10.9 Å². The van der Waals surface area contributed by atoms with Crippen LogP contribution in [0.3, 0.4) is 0 Å². The zero-order chi connectivity index (χ0) is 29.3. The Morgan fingerprint density at radius 3 is 2.69 bits per heavy atom. The number of ether oxygens (including phenoxy) is 4. The number of carbonyl (C=O) groups excluding carboxylic acids is 2. The van der Waals surface area contributed by atoms with Crippen LogP contribution < -0.4 is 0 Å². The van der Waals surface area contributed by atoms with E-state index in [1.54, 1.807) is 6.08 Å². The summed E-state index contributed by atoms with van der Waals surface area (Å²) in [5.74, 6) is -1.71. The number of nitrogens with zero attached hydrogens (tertiary/aromatic N) is 1. The number of aliphatic hydroxyl groups is 1. The van der Waals surface area contributed by atoms with E-state index < -0.39 is 40.0 Å². The van der Waals surface area contributed by atoms with Crippen LogP contribution >= 0.6 is 0 Å². The minimum absolute atomic E-state index is 0.123. The largest absolute Gasteiger partial charge is 0.458 e. The van der Waals surface area contributed by atoms with Crippen molar-refractivity contribution in [3.63, 3.8) is 0 Å². The molecule has 3 aliphatic heterocycles. The predicted octanol–water partition coefficient (Wildman–Crippen LogP) is 3.18. The number of benzene rings is 1. The Morgan fingerprint density at radius 1 is 1.14 bits per heavy atom. The van der Waals surface area contributed by atoms with Gasteiger partial charge in [0.1, 0.15) is 17.3 Å². The van der Waals surface area contributed by atoms with Crippen molar-refractivity contribution in [2.24, 2.45) is 11.3 Å². The molecule has 3 aliphatic carbocycles. The molecule has 4 fully saturated rings. The highest BCUT2D eigenvalue weighted by atomic mass is 16.8. The Morgan fingerprint density at radius 2 is 1.90 bits per heavy atom. The quantitative estimate of drug-likeness (QED) is 0.537. The lowest BCUT2D eigenvalue weighted by molar-refractivity contribution is -0.277. The van der Waals surface area contributed by atoms with E-state index in [2.05, 4.69) is 37.0 Å². The minimum Gasteiger partial charge on any atom is -0.458 e. The molecule has 0 amide bonds. The third-order valence-electron chi connectivity index (χ3n) is 12.0. The van der Waals surface area contributed by atoms with Gasteiger partial charge < -0.3 is 29.0 Å². The number of morpholine rings is 1. The zero-order valence-electron chi connectivity index (χ0n) is 24.8. The van der Waals surface area contributed by atoms with Crippen molar-refractivity contribution in [1.29, 1.82) is 0 Å². The molecule has 1 aromatic heterocycles. The molecule has 224 valence electrons. The Bertz CT molecular complexity index is 1540. The standard InChI is InChI=1S/C33H40N2O7/c1-29(2)28-23(36)17-24-32(41-28,42-29)10-9-30(3)31(4)19(15-21-20-7-5-6-8-22(20)34-27(21)31)16-25(33(24,30)38)40-26(37)18-35-11-13-39-14-12-35/h5-8,17,19,25,28,34,38H,9-16,18H2,1-4H3/t19?,25-,28?,30?,31+,32?,33-/m0/s1.